The first-order chi connectivity index (χ1) is 32.3. The summed E-state index contributed by atoms with van der Waals surface area (Å²) in [5.41, 5.74) is 20.2. The van der Waals surface area contributed by atoms with Gasteiger partial charge in [0.25, 0.3) is 0 Å². The van der Waals surface area contributed by atoms with Gasteiger partial charge in [0.1, 0.15) is 0 Å². The lowest BCUT2D eigenvalue weighted by Crippen LogP contribution is -2.09. The monoisotopic (exact) mass is 843 g/mol. The summed E-state index contributed by atoms with van der Waals surface area (Å²) in [5.74, 6) is 0. The van der Waals surface area contributed by atoms with E-state index in [4.69, 9.17) is 0 Å². The number of hydrogen-bond acceptors (Lipinski definition) is 1. The lowest BCUT2D eigenvalue weighted by atomic mass is 9.78. The fraction of sp³-hybridized carbons (Fsp3) is 0.0154. The third kappa shape index (κ3) is 8.11. The first-order valence-electron chi connectivity index (χ1n) is 22.3. The van der Waals surface area contributed by atoms with Crippen LogP contribution in [0.15, 0.2) is 273 Å². The van der Waals surface area contributed by atoms with Crippen LogP contribution in [0.1, 0.15) is 7.43 Å². The van der Waals surface area contributed by atoms with Crippen LogP contribution in [0.2, 0.25) is 0 Å². The number of rotatable bonds is 10. The van der Waals surface area contributed by atoms with Gasteiger partial charge in [-0.1, -0.05) is 238 Å². The molecule has 314 valence electrons. The Morgan fingerprint density at radius 1 is 0.182 bits per heavy atom. The van der Waals surface area contributed by atoms with Crippen LogP contribution >= 0.6 is 0 Å². The van der Waals surface area contributed by atoms with Gasteiger partial charge in [-0.2, -0.15) is 0 Å². The SMILES string of the molecule is C.c1ccc(-c2ccc(N(c3ccccc3)c3ccc(-c4ccc(-c5ccc6c(-c7ccccc7)c(-c7ccccc7)c(-c7ccccc7)c(-c7ccccc7)c6c5)cc4)cc3)cc2)cc1. The zero-order valence-electron chi connectivity index (χ0n) is 35.9. The van der Waals surface area contributed by atoms with Gasteiger partial charge in [-0.3, -0.25) is 0 Å². The Kier molecular flexibility index (Phi) is 11.7. The van der Waals surface area contributed by atoms with E-state index in [2.05, 4.69) is 278 Å². The molecule has 0 saturated carbocycles. The molecule has 0 bridgehead atoms. The molecule has 11 rings (SSSR count). The maximum Gasteiger partial charge on any atom is 0.0462 e. The third-order valence-corrected chi connectivity index (χ3v) is 12.5. The Balaban J connectivity index is 0.00000511. The molecule has 66 heavy (non-hydrogen) atoms. The largest absolute Gasteiger partial charge is 0.311 e. The number of para-hydroxylation sites is 1. The van der Waals surface area contributed by atoms with Gasteiger partial charge < -0.3 is 4.90 Å². The van der Waals surface area contributed by atoms with Gasteiger partial charge >= 0.3 is 0 Å². The van der Waals surface area contributed by atoms with Gasteiger partial charge in [0.2, 0.25) is 0 Å². The summed E-state index contributed by atoms with van der Waals surface area (Å²) in [5, 5.41) is 2.45. The first-order valence-corrected chi connectivity index (χ1v) is 22.3. The van der Waals surface area contributed by atoms with E-state index in [0.29, 0.717) is 0 Å². The molecule has 0 atom stereocenters. The van der Waals surface area contributed by atoms with Crippen LogP contribution in [-0.2, 0) is 0 Å². The van der Waals surface area contributed by atoms with Crippen molar-refractivity contribution in [1.29, 1.82) is 0 Å². The van der Waals surface area contributed by atoms with Gasteiger partial charge in [0, 0.05) is 17.1 Å². The molecule has 0 heterocycles. The molecular formula is C65H49N. The molecule has 0 aliphatic carbocycles. The molecule has 0 amide bonds. The second-order valence-corrected chi connectivity index (χ2v) is 16.4. The highest BCUT2D eigenvalue weighted by atomic mass is 15.1. The van der Waals surface area contributed by atoms with Crippen LogP contribution in [0.25, 0.3) is 88.7 Å². The van der Waals surface area contributed by atoms with Crippen molar-refractivity contribution in [3.63, 3.8) is 0 Å². The highest BCUT2D eigenvalue weighted by Crippen LogP contribution is 2.51. The molecule has 0 spiro atoms. The molecule has 11 aromatic rings. The maximum atomic E-state index is 2.42. The van der Waals surface area contributed by atoms with Gasteiger partial charge in [-0.05, 0) is 131 Å². The Hall–Kier alpha value is -8.52. The van der Waals surface area contributed by atoms with Crippen molar-refractivity contribution in [3.05, 3.63) is 273 Å². The van der Waals surface area contributed by atoms with E-state index in [0.717, 1.165) is 17.1 Å². The van der Waals surface area contributed by atoms with Crippen LogP contribution in [0.4, 0.5) is 17.1 Å². The molecule has 0 aliphatic rings. The van der Waals surface area contributed by atoms with Crippen molar-refractivity contribution in [2.75, 3.05) is 4.90 Å². The summed E-state index contributed by atoms with van der Waals surface area (Å²) in [6, 6.07) is 98.7. The lowest BCUT2D eigenvalue weighted by Gasteiger charge is -2.26. The third-order valence-electron chi connectivity index (χ3n) is 12.5. The summed E-state index contributed by atoms with van der Waals surface area (Å²) < 4.78 is 0. The topological polar surface area (TPSA) is 3.24 Å². The number of anilines is 3. The lowest BCUT2D eigenvalue weighted by molar-refractivity contribution is 1.28. The molecule has 0 radical (unpaired) electrons. The van der Waals surface area contributed by atoms with Gasteiger partial charge in [0.05, 0.1) is 0 Å². The molecular weight excluding hydrogens is 795 g/mol. The van der Waals surface area contributed by atoms with E-state index >= 15 is 0 Å². The van der Waals surface area contributed by atoms with Crippen LogP contribution in [0, 0.1) is 0 Å². The minimum atomic E-state index is 0. The van der Waals surface area contributed by atoms with E-state index in [1.165, 1.54) is 88.7 Å². The summed E-state index contributed by atoms with van der Waals surface area (Å²) >= 11 is 0. The van der Waals surface area contributed by atoms with Crippen molar-refractivity contribution in [2.45, 2.75) is 7.43 Å². The van der Waals surface area contributed by atoms with E-state index < -0.39 is 0 Å². The Morgan fingerprint density at radius 3 is 0.833 bits per heavy atom. The number of fused-ring (bicyclic) bond motifs is 1. The van der Waals surface area contributed by atoms with Crippen LogP contribution < -0.4 is 4.90 Å². The van der Waals surface area contributed by atoms with E-state index in [1.807, 2.05) is 0 Å². The van der Waals surface area contributed by atoms with Crippen molar-refractivity contribution >= 4 is 27.8 Å². The molecule has 1 heteroatoms. The highest BCUT2D eigenvalue weighted by molar-refractivity contribution is 6.18. The molecule has 1 nitrogen and oxygen atoms in total. The summed E-state index contributed by atoms with van der Waals surface area (Å²) in [7, 11) is 0. The predicted molar refractivity (Wildman–Crippen MR) is 283 cm³/mol. The average molecular weight is 844 g/mol. The second-order valence-electron chi connectivity index (χ2n) is 16.4. The quantitative estimate of drug-likeness (QED) is 0.133. The molecule has 0 N–H and O–H groups in total. The van der Waals surface area contributed by atoms with Crippen LogP contribution in [-0.4, -0.2) is 0 Å². The minimum absolute atomic E-state index is 0. The smallest absolute Gasteiger partial charge is 0.0462 e. The van der Waals surface area contributed by atoms with E-state index in [-0.39, 0.29) is 7.43 Å². The molecule has 0 saturated heterocycles. The predicted octanol–water partition coefficient (Wildman–Crippen LogP) is 18.6. The summed E-state index contributed by atoms with van der Waals surface area (Å²) in [6.45, 7) is 0. The number of nitrogens with zero attached hydrogens (tertiary/aromatic N) is 1. The number of benzene rings is 11. The fourth-order valence-electron chi connectivity index (χ4n) is 9.38. The van der Waals surface area contributed by atoms with E-state index in [9.17, 15) is 0 Å². The van der Waals surface area contributed by atoms with Crippen molar-refractivity contribution in [1.82, 2.24) is 0 Å². The molecule has 0 fully saturated rings. The van der Waals surface area contributed by atoms with Crippen molar-refractivity contribution < 1.29 is 0 Å². The summed E-state index contributed by atoms with van der Waals surface area (Å²) in [6.07, 6.45) is 0. The molecule has 0 aliphatic heterocycles. The standard InChI is InChI=1S/C64H45N.CH4/c1-7-19-46(20-8-1)48-35-40-57(41-36-48)65(56-29-17-6-18-30-56)58-42-37-49(38-43-58)47-31-33-50(34-32-47)55-39-44-59-60(45-55)62(52-23-11-3-12-24-52)64(54-27-15-5-16-28-54)63(53-25-13-4-14-26-53)61(59)51-21-9-2-10-22-51;/h1-45H;1H4. The van der Waals surface area contributed by atoms with Crippen molar-refractivity contribution in [2.24, 2.45) is 0 Å². The second kappa shape index (κ2) is 18.7. The fourth-order valence-corrected chi connectivity index (χ4v) is 9.38. The van der Waals surface area contributed by atoms with E-state index in [1.54, 1.807) is 0 Å². The average Bonchev–Trinajstić information content (AvgIpc) is 3.40. The van der Waals surface area contributed by atoms with Crippen LogP contribution in [0.5, 0.6) is 0 Å². The zero-order valence-corrected chi connectivity index (χ0v) is 35.9. The first kappa shape index (κ1) is 41.5. The normalized spacial score (nSPS) is 10.9. The number of hydrogen-bond donors (Lipinski definition) is 0. The Morgan fingerprint density at radius 2 is 0.439 bits per heavy atom. The maximum absolute atomic E-state index is 2.42. The minimum Gasteiger partial charge on any atom is -0.311 e. The van der Waals surface area contributed by atoms with Gasteiger partial charge in [0.15, 0.2) is 0 Å². The van der Waals surface area contributed by atoms with Crippen molar-refractivity contribution in [3.8, 4) is 77.9 Å². The summed E-state index contributed by atoms with van der Waals surface area (Å²) in [4.78, 5) is 2.32. The molecule has 0 unspecified atom stereocenters. The Bertz CT molecular complexity index is 3330. The molecule has 11 aromatic carbocycles. The van der Waals surface area contributed by atoms with Crippen LogP contribution in [0.3, 0.4) is 0 Å². The zero-order chi connectivity index (χ0) is 43.4. The Labute approximate surface area is 389 Å². The van der Waals surface area contributed by atoms with Gasteiger partial charge in [-0.25, -0.2) is 0 Å². The molecule has 0 aromatic heterocycles. The van der Waals surface area contributed by atoms with Gasteiger partial charge in [-0.15, -0.1) is 0 Å². The highest BCUT2D eigenvalue weighted by Gasteiger charge is 2.24.